The Kier molecular flexibility index (Phi) is 6.98. The normalized spacial score (nSPS) is 13.2. The third kappa shape index (κ3) is 4.42. The second-order valence-corrected chi connectivity index (χ2v) is 5.10. The van der Waals surface area contributed by atoms with Crippen LogP contribution in [0.3, 0.4) is 0 Å². The van der Waals surface area contributed by atoms with Gasteiger partial charge in [-0.25, -0.2) is 4.98 Å². The van der Waals surface area contributed by atoms with Gasteiger partial charge in [0.25, 0.3) is 0 Å². The van der Waals surface area contributed by atoms with Crippen molar-refractivity contribution in [2.24, 2.45) is 18.8 Å². The maximum atomic E-state index is 5.73. The van der Waals surface area contributed by atoms with Crippen molar-refractivity contribution in [2.75, 3.05) is 0 Å². The van der Waals surface area contributed by atoms with Crippen LogP contribution in [-0.4, -0.2) is 15.6 Å². The highest BCUT2D eigenvalue weighted by molar-refractivity contribution is 4.92. The molecule has 0 spiro atoms. The summed E-state index contributed by atoms with van der Waals surface area (Å²) in [5.74, 6) is 7.56. The molecule has 0 radical (unpaired) electrons. The lowest BCUT2D eigenvalue weighted by atomic mass is 9.88. The molecule has 1 unspecified atom stereocenters. The summed E-state index contributed by atoms with van der Waals surface area (Å²) in [6, 6.07) is 0.404. The summed E-state index contributed by atoms with van der Waals surface area (Å²) < 4.78 is 2.09. The average Bonchev–Trinajstić information content (AvgIpc) is 2.76. The Balaban J connectivity index is 2.51. The fraction of sp³-hybridized carbons (Fsp3) is 0.786. The maximum absolute atomic E-state index is 5.73. The van der Waals surface area contributed by atoms with E-state index < -0.39 is 0 Å². The van der Waals surface area contributed by atoms with E-state index in [4.69, 9.17) is 5.84 Å². The molecule has 3 N–H and O–H groups in total. The highest BCUT2D eigenvalue weighted by atomic mass is 15.2. The molecule has 4 heteroatoms. The van der Waals surface area contributed by atoms with Gasteiger partial charge in [-0.3, -0.25) is 11.3 Å². The maximum Gasteiger partial charge on any atom is 0.108 e. The van der Waals surface area contributed by atoms with Crippen molar-refractivity contribution in [3.8, 4) is 0 Å². The van der Waals surface area contributed by atoms with Gasteiger partial charge in [-0.2, -0.15) is 0 Å². The van der Waals surface area contributed by atoms with Gasteiger partial charge in [-0.15, -0.1) is 0 Å². The zero-order valence-electron chi connectivity index (χ0n) is 12.0. The van der Waals surface area contributed by atoms with Gasteiger partial charge in [0.15, 0.2) is 0 Å². The number of hydrogen-bond donors (Lipinski definition) is 2. The molecule has 18 heavy (non-hydrogen) atoms. The summed E-state index contributed by atoms with van der Waals surface area (Å²) in [6.45, 7) is 4.49. The van der Waals surface area contributed by atoms with Gasteiger partial charge < -0.3 is 4.57 Å². The first kappa shape index (κ1) is 15.2. The second-order valence-electron chi connectivity index (χ2n) is 5.10. The fourth-order valence-corrected chi connectivity index (χ4v) is 2.67. The number of hydrogen-bond acceptors (Lipinski definition) is 3. The molecule has 0 saturated carbocycles. The van der Waals surface area contributed by atoms with E-state index in [-0.39, 0.29) is 0 Å². The average molecular weight is 252 g/mol. The van der Waals surface area contributed by atoms with Gasteiger partial charge in [-0.05, 0) is 25.2 Å². The van der Waals surface area contributed by atoms with Crippen LogP contribution in [0.25, 0.3) is 0 Å². The zero-order chi connectivity index (χ0) is 13.4. The SMILES string of the molecule is CCCC(CCC)C(CCc1nccn1C)NN. The number of rotatable bonds is 9. The largest absolute Gasteiger partial charge is 0.338 e. The molecule has 1 aromatic rings. The minimum atomic E-state index is 0.404. The van der Waals surface area contributed by atoms with E-state index in [1.807, 2.05) is 19.4 Å². The van der Waals surface area contributed by atoms with Crippen molar-refractivity contribution in [2.45, 2.75) is 58.4 Å². The van der Waals surface area contributed by atoms with Crippen molar-refractivity contribution >= 4 is 0 Å². The van der Waals surface area contributed by atoms with Crippen LogP contribution in [0.4, 0.5) is 0 Å². The molecule has 0 aliphatic rings. The number of nitrogens with one attached hydrogen (secondary N) is 1. The number of aromatic nitrogens is 2. The smallest absolute Gasteiger partial charge is 0.108 e. The summed E-state index contributed by atoms with van der Waals surface area (Å²) in [5, 5.41) is 0. The van der Waals surface area contributed by atoms with Crippen LogP contribution >= 0.6 is 0 Å². The third-order valence-electron chi connectivity index (χ3n) is 3.70. The highest BCUT2D eigenvalue weighted by Gasteiger charge is 2.19. The third-order valence-corrected chi connectivity index (χ3v) is 3.70. The predicted octanol–water partition coefficient (Wildman–Crippen LogP) is 2.40. The van der Waals surface area contributed by atoms with E-state index in [0.717, 1.165) is 18.7 Å². The van der Waals surface area contributed by atoms with Crippen LogP contribution in [-0.2, 0) is 13.5 Å². The Morgan fingerprint density at radius 3 is 2.39 bits per heavy atom. The first-order valence-corrected chi connectivity index (χ1v) is 7.15. The summed E-state index contributed by atoms with van der Waals surface area (Å²) in [5.41, 5.74) is 3.02. The van der Waals surface area contributed by atoms with Gasteiger partial charge in [0.05, 0.1) is 0 Å². The molecule has 1 rings (SSSR count). The molecule has 0 saturated heterocycles. The van der Waals surface area contributed by atoms with Gasteiger partial charge in [0.2, 0.25) is 0 Å². The van der Waals surface area contributed by atoms with Crippen LogP contribution in [0.5, 0.6) is 0 Å². The van der Waals surface area contributed by atoms with Crippen LogP contribution in [0.15, 0.2) is 12.4 Å². The van der Waals surface area contributed by atoms with E-state index in [2.05, 4.69) is 28.8 Å². The lowest BCUT2D eigenvalue weighted by Gasteiger charge is -2.26. The number of imidazole rings is 1. The molecule has 1 aromatic heterocycles. The Hall–Kier alpha value is -0.870. The molecule has 1 atom stereocenters. The van der Waals surface area contributed by atoms with E-state index in [9.17, 15) is 0 Å². The minimum Gasteiger partial charge on any atom is -0.338 e. The van der Waals surface area contributed by atoms with Crippen LogP contribution in [0.1, 0.15) is 51.8 Å². The second kappa shape index (κ2) is 8.27. The number of nitrogens with two attached hydrogens (primary N) is 1. The van der Waals surface area contributed by atoms with Gasteiger partial charge in [0, 0.05) is 31.9 Å². The zero-order valence-corrected chi connectivity index (χ0v) is 12.0. The van der Waals surface area contributed by atoms with Crippen molar-refractivity contribution in [3.05, 3.63) is 18.2 Å². The topological polar surface area (TPSA) is 55.9 Å². The Labute approximate surface area is 111 Å². The van der Waals surface area contributed by atoms with Crippen LogP contribution in [0.2, 0.25) is 0 Å². The molecule has 0 aliphatic heterocycles. The molecule has 1 heterocycles. The molecule has 0 aromatic carbocycles. The fourth-order valence-electron chi connectivity index (χ4n) is 2.67. The van der Waals surface area contributed by atoms with Gasteiger partial charge in [0.1, 0.15) is 5.82 Å². The standard InChI is InChI=1S/C14H28N4/c1-4-6-12(7-5-2)13(17-15)8-9-14-16-10-11-18(14)3/h10-13,17H,4-9,15H2,1-3H3. The molecule has 0 bridgehead atoms. The van der Waals surface area contributed by atoms with Crippen molar-refractivity contribution < 1.29 is 0 Å². The molecule has 0 fully saturated rings. The molecule has 0 aliphatic carbocycles. The van der Waals surface area contributed by atoms with E-state index >= 15 is 0 Å². The molecular formula is C14H28N4. The quantitative estimate of drug-likeness (QED) is 0.524. The van der Waals surface area contributed by atoms with E-state index in [0.29, 0.717) is 12.0 Å². The number of aryl methyl sites for hydroxylation is 2. The predicted molar refractivity (Wildman–Crippen MR) is 75.9 cm³/mol. The number of nitrogens with zero attached hydrogens (tertiary/aromatic N) is 2. The Bertz CT molecular complexity index is 315. The summed E-state index contributed by atoms with van der Waals surface area (Å²) in [6.07, 6.45) is 10.9. The lowest BCUT2D eigenvalue weighted by Crippen LogP contribution is -2.41. The summed E-state index contributed by atoms with van der Waals surface area (Å²) in [4.78, 5) is 4.37. The highest BCUT2D eigenvalue weighted by Crippen LogP contribution is 2.20. The summed E-state index contributed by atoms with van der Waals surface area (Å²) in [7, 11) is 2.04. The van der Waals surface area contributed by atoms with Crippen molar-refractivity contribution in [1.82, 2.24) is 15.0 Å². The van der Waals surface area contributed by atoms with Gasteiger partial charge in [-0.1, -0.05) is 26.7 Å². The molecule has 0 amide bonds. The van der Waals surface area contributed by atoms with E-state index in [1.54, 1.807) is 0 Å². The van der Waals surface area contributed by atoms with Crippen molar-refractivity contribution in [3.63, 3.8) is 0 Å². The molecular weight excluding hydrogens is 224 g/mol. The Morgan fingerprint density at radius 1 is 1.28 bits per heavy atom. The first-order valence-electron chi connectivity index (χ1n) is 7.15. The first-order chi connectivity index (χ1) is 8.72. The lowest BCUT2D eigenvalue weighted by molar-refractivity contribution is 0.297. The van der Waals surface area contributed by atoms with Crippen LogP contribution < -0.4 is 11.3 Å². The van der Waals surface area contributed by atoms with E-state index in [1.165, 1.54) is 25.7 Å². The molecule has 4 nitrogen and oxygen atoms in total. The van der Waals surface area contributed by atoms with Gasteiger partial charge >= 0.3 is 0 Å². The number of hydrazine groups is 1. The molecule has 104 valence electrons. The summed E-state index contributed by atoms with van der Waals surface area (Å²) >= 11 is 0. The minimum absolute atomic E-state index is 0.404. The van der Waals surface area contributed by atoms with Crippen molar-refractivity contribution in [1.29, 1.82) is 0 Å². The van der Waals surface area contributed by atoms with Crippen LogP contribution in [0, 0.1) is 5.92 Å². The monoisotopic (exact) mass is 252 g/mol. The Morgan fingerprint density at radius 2 is 1.94 bits per heavy atom.